The average Bonchev–Trinajstić information content (AvgIpc) is 2.47. The van der Waals surface area contributed by atoms with E-state index in [1.54, 1.807) is 12.1 Å². The Morgan fingerprint density at radius 3 is 2.60 bits per heavy atom. The molecule has 0 radical (unpaired) electrons. The number of para-hydroxylation sites is 1. The number of aliphatic hydroxyl groups excluding tert-OH is 1. The molecule has 1 unspecified atom stereocenters. The zero-order chi connectivity index (χ0) is 14.4. The zero-order valence-electron chi connectivity index (χ0n) is 10.7. The molecule has 0 aromatic heterocycles. The monoisotopic (exact) mass is 279 g/mol. The number of aliphatic hydroxyl groups is 1. The first kappa shape index (κ1) is 14.3. The third-order valence-electron chi connectivity index (χ3n) is 2.64. The van der Waals surface area contributed by atoms with E-state index >= 15 is 0 Å². The molecule has 2 aromatic carbocycles. The molecule has 5 heteroatoms. The molecule has 2 N–H and O–H groups in total. The lowest BCUT2D eigenvalue weighted by Gasteiger charge is -2.14. The van der Waals surface area contributed by atoms with Gasteiger partial charge in [0, 0.05) is 6.54 Å². The van der Waals surface area contributed by atoms with Gasteiger partial charge in [-0.15, -0.1) is 0 Å². The Kier molecular flexibility index (Phi) is 4.90. The van der Waals surface area contributed by atoms with E-state index in [1.165, 1.54) is 0 Å². The summed E-state index contributed by atoms with van der Waals surface area (Å²) in [6.45, 7) is 0.126. The highest BCUT2D eigenvalue weighted by atomic mass is 19.1. The van der Waals surface area contributed by atoms with Crippen LogP contribution in [0.2, 0.25) is 0 Å². The first-order chi connectivity index (χ1) is 9.65. The van der Waals surface area contributed by atoms with E-state index < -0.39 is 17.7 Å². The van der Waals surface area contributed by atoms with Crippen LogP contribution in [-0.2, 0) is 0 Å². The minimum Gasteiger partial charge on any atom is -0.491 e. The van der Waals surface area contributed by atoms with Crippen molar-refractivity contribution in [2.75, 3.05) is 18.5 Å². The van der Waals surface area contributed by atoms with Crippen molar-refractivity contribution in [1.82, 2.24) is 0 Å². The number of nitrogens with one attached hydrogen (secondary N) is 1. The van der Waals surface area contributed by atoms with E-state index in [-0.39, 0.29) is 18.8 Å². The van der Waals surface area contributed by atoms with Crippen LogP contribution >= 0.6 is 0 Å². The molecule has 0 spiro atoms. The van der Waals surface area contributed by atoms with Gasteiger partial charge in [-0.25, -0.2) is 8.78 Å². The SMILES string of the molecule is OC(CNc1cc(F)ccc1F)COc1ccccc1. The minimum atomic E-state index is -0.835. The summed E-state index contributed by atoms with van der Waals surface area (Å²) >= 11 is 0. The number of benzene rings is 2. The number of ether oxygens (including phenoxy) is 1. The van der Waals surface area contributed by atoms with E-state index in [0.717, 1.165) is 18.2 Å². The molecule has 3 nitrogen and oxygen atoms in total. The molecule has 0 saturated heterocycles. The number of anilines is 1. The van der Waals surface area contributed by atoms with Gasteiger partial charge in [0.15, 0.2) is 0 Å². The first-order valence-electron chi connectivity index (χ1n) is 6.20. The summed E-state index contributed by atoms with van der Waals surface area (Å²) < 4.78 is 31.6. The molecular weight excluding hydrogens is 264 g/mol. The first-order valence-corrected chi connectivity index (χ1v) is 6.20. The Hall–Kier alpha value is -2.14. The lowest BCUT2D eigenvalue weighted by molar-refractivity contribution is 0.117. The molecule has 0 aliphatic heterocycles. The van der Waals surface area contributed by atoms with Gasteiger partial charge in [0.2, 0.25) is 0 Å². The molecule has 0 bridgehead atoms. The number of halogens is 2. The van der Waals surface area contributed by atoms with Crippen molar-refractivity contribution in [3.8, 4) is 5.75 Å². The van der Waals surface area contributed by atoms with Crippen molar-refractivity contribution in [3.63, 3.8) is 0 Å². The summed E-state index contributed by atoms with van der Waals surface area (Å²) in [5.41, 5.74) is 0.0174. The zero-order valence-corrected chi connectivity index (χ0v) is 10.7. The molecule has 0 aliphatic rings. The van der Waals surface area contributed by atoms with Crippen LogP contribution in [0.5, 0.6) is 5.75 Å². The second-order valence-corrected chi connectivity index (χ2v) is 4.28. The Bertz CT molecular complexity index is 549. The Morgan fingerprint density at radius 2 is 1.85 bits per heavy atom. The van der Waals surface area contributed by atoms with Crippen molar-refractivity contribution in [2.45, 2.75) is 6.10 Å². The van der Waals surface area contributed by atoms with Gasteiger partial charge >= 0.3 is 0 Å². The van der Waals surface area contributed by atoms with Gasteiger partial charge in [-0.2, -0.15) is 0 Å². The molecule has 106 valence electrons. The van der Waals surface area contributed by atoms with E-state index in [2.05, 4.69) is 5.32 Å². The average molecular weight is 279 g/mol. The molecule has 2 aromatic rings. The summed E-state index contributed by atoms with van der Waals surface area (Å²) in [5, 5.41) is 12.4. The van der Waals surface area contributed by atoms with Gasteiger partial charge in [-0.1, -0.05) is 18.2 Å². The highest BCUT2D eigenvalue weighted by Crippen LogP contribution is 2.15. The summed E-state index contributed by atoms with van der Waals surface area (Å²) in [6, 6.07) is 12.2. The van der Waals surface area contributed by atoms with Crippen LogP contribution in [0.3, 0.4) is 0 Å². The highest BCUT2D eigenvalue weighted by Gasteiger charge is 2.08. The molecule has 0 heterocycles. The predicted octanol–water partition coefficient (Wildman–Crippen LogP) is 2.82. The molecule has 0 fully saturated rings. The fourth-order valence-corrected chi connectivity index (χ4v) is 1.63. The van der Waals surface area contributed by atoms with Gasteiger partial charge in [-0.3, -0.25) is 0 Å². The minimum absolute atomic E-state index is 0.0174. The van der Waals surface area contributed by atoms with Crippen LogP contribution in [0.1, 0.15) is 0 Å². The van der Waals surface area contributed by atoms with E-state index in [1.807, 2.05) is 18.2 Å². The lowest BCUT2D eigenvalue weighted by atomic mass is 10.2. The Balaban J connectivity index is 1.80. The molecule has 0 amide bonds. The third kappa shape index (κ3) is 4.20. The van der Waals surface area contributed by atoms with Crippen LogP contribution in [0.15, 0.2) is 48.5 Å². The van der Waals surface area contributed by atoms with Gasteiger partial charge in [0.25, 0.3) is 0 Å². The molecular formula is C15H15F2NO2. The van der Waals surface area contributed by atoms with Crippen LogP contribution in [0.4, 0.5) is 14.5 Å². The molecule has 0 aliphatic carbocycles. The summed E-state index contributed by atoms with van der Waals surface area (Å²) in [5.74, 6) is -0.463. The fourth-order valence-electron chi connectivity index (χ4n) is 1.63. The maximum absolute atomic E-state index is 13.3. The summed E-state index contributed by atoms with van der Waals surface area (Å²) in [4.78, 5) is 0. The maximum atomic E-state index is 13.3. The third-order valence-corrected chi connectivity index (χ3v) is 2.64. The van der Waals surface area contributed by atoms with Gasteiger partial charge in [0.1, 0.15) is 30.1 Å². The van der Waals surface area contributed by atoms with Crippen LogP contribution in [0, 0.1) is 11.6 Å². The van der Waals surface area contributed by atoms with Crippen LogP contribution in [0.25, 0.3) is 0 Å². The van der Waals surface area contributed by atoms with Crippen molar-refractivity contribution in [2.24, 2.45) is 0 Å². The van der Waals surface area contributed by atoms with Crippen molar-refractivity contribution in [3.05, 3.63) is 60.2 Å². The Labute approximate surface area is 115 Å². The summed E-state index contributed by atoms with van der Waals surface area (Å²) in [7, 11) is 0. The fraction of sp³-hybridized carbons (Fsp3) is 0.200. The number of rotatable bonds is 6. The largest absolute Gasteiger partial charge is 0.491 e. The lowest BCUT2D eigenvalue weighted by Crippen LogP contribution is -2.26. The van der Waals surface area contributed by atoms with Crippen molar-refractivity contribution < 1.29 is 18.6 Å². The number of hydrogen-bond acceptors (Lipinski definition) is 3. The molecule has 20 heavy (non-hydrogen) atoms. The highest BCUT2D eigenvalue weighted by molar-refractivity contribution is 5.44. The van der Waals surface area contributed by atoms with E-state index in [4.69, 9.17) is 4.74 Å². The van der Waals surface area contributed by atoms with Crippen molar-refractivity contribution in [1.29, 1.82) is 0 Å². The maximum Gasteiger partial charge on any atom is 0.146 e. The van der Waals surface area contributed by atoms with Crippen LogP contribution < -0.4 is 10.1 Å². The quantitative estimate of drug-likeness (QED) is 0.854. The van der Waals surface area contributed by atoms with E-state index in [0.29, 0.717) is 5.75 Å². The predicted molar refractivity (Wildman–Crippen MR) is 72.8 cm³/mol. The Morgan fingerprint density at radius 1 is 1.10 bits per heavy atom. The topological polar surface area (TPSA) is 41.5 Å². The smallest absolute Gasteiger partial charge is 0.146 e. The second kappa shape index (κ2) is 6.86. The van der Waals surface area contributed by atoms with Crippen LogP contribution in [-0.4, -0.2) is 24.4 Å². The number of hydrogen-bond donors (Lipinski definition) is 2. The summed E-state index contributed by atoms with van der Waals surface area (Å²) in [6.07, 6.45) is -0.835. The van der Waals surface area contributed by atoms with Crippen molar-refractivity contribution >= 4 is 5.69 Å². The molecule has 2 rings (SSSR count). The standard InChI is InChI=1S/C15H15F2NO2/c16-11-6-7-14(17)15(8-11)18-9-12(19)10-20-13-4-2-1-3-5-13/h1-8,12,18-19H,9-10H2. The van der Waals surface area contributed by atoms with Gasteiger partial charge in [-0.05, 0) is 30.3 Å². The molecule has 1 atom stereocenters. The van der Waals surface area contributed by atoms with Gasteiger partial charge in [0.05, 0.1) is 5.69 Å². The van der Waals surface area contributed by atoms with E-state index in [9.17, 15) is 13.9 Å². The molecule has 0 saturated carbocycles. The van der Waals surface area contributed by atoms with Gasteiger partial charge < -0.3 is 15.2 Å². The second-order valence-electron chi connectivity index (χ2n) is 4.28. The normalized spacial score (nSPS) is 11.9.